The van der Waals surface area contributed by atoms with Crippen molar-refractivity contribution in [2.75, 3.05) is 6.61 Å². The largest absolute Gasteiger partial charge is 0.457 e. The lowest BCUT2D eigenvalue weighted by atomic mass is 10.3. The third-order valence-electron chi connectivity index (χ3n) is 1.39. The van der Waals surface area contributed by atoms with Gasteiger partial charge in [0.05, 0.1) is 0 Å². The molecule has 12 heavy (non-hydrogen) atoms. The second-order valence-corrected chi connectivity index (χ2v) is 2.50. The predicted octanol–water partition coefficient (Wildman–Crippen LogP) is 0.280. The highest BCUT2D eigenvalue weighted by molar-refractivity contribution is 6.33. The summed E-state index contributed by atoms with van der Waals surface area (Å²) in [5, 5.41) is 8.47. The Balaban J connectivity index is 3.76. The molecule has 0 spiro atoms. The first-order valence-electron chi connectivity index (χ1n) is 3.96. The highest BCUT2D eigenvalue weighted by atomic mass is 16.5. The molecule has 0 aliphatic carbocycles. The number of Topliss-reactive ketones (excluding diaryl/α,β-unsaturated/α-hetero) is 1. The van der Waals surface area contributed by atoms with Crippen LogP contribution in [0.25, 0.3) is 0 Å². The molecular formula is C8H14O4. The average Bonchev–Trinajstić information content (AvgIpc) is 2.03. The molecule has 0 aliphatic heterocycles. The lowest BCUT2D eigenvalue weighted by Gasteiger charge is -2.09. The Morgan fingerprint density at radius 3 is 2.50 bits per heavy atom. The summed E-state index contributed by atoms with van der Waals surface area (Å²) in [6, 6.07) is 0. The van der Waals surface area contributed by atoms with Crippen molar-refractivity contribution in [1.29, 1.82) is 0 Å². The monoisotopic (exact) mass is 174 g/mol. The van der Waals surface area contributed by atoms with Crippen LogP contribution in [-0.4, -0.2) is 29.6 Å². The van der Waals surface area contributed by atoms with Gasteiger partial charge in [0, 0.05) is 19.4 Å². The normalized spacial score (nSPS) is 12.2. The van der Waals surface area contributed by atoms with E-state index in [0.29, 0.717) is 6.42 Å². The number of ether oxygens (including phenoxy) is 1. The van der Waals surface area contributed by atoms with Gasteiger partial charge in [0.2, 0.25) is 5.78 Å². The smallest absolute Gasteiger partial charge is 0.374 e. The number of hydrogen-bond donors (Lipinski definition) is 1. The number of rotatable bonds is 5. The minimum Gasteiger partial charge on any atom is -0.457 e. The minimum absolute atomic E-state index is 0.0469. The van der Waals surface area contributed by atoms with Gasteiger partial charge in [0.15, 0.2) is 0 Å². The van der Waals surface area contributed by atoms with Gasteiger partial charge in [-0.25, -0.2) is 4.79 Å². The Labute approximate surface area is 71.5 Å². The van der Waals surface area contributed by atoms with Crippen molar-refractivity contribution in [3.05, 3.63) is 0 Å². The molecule has 4 nitrogen and oxygen atoms in total. The Bertz CT molecular complexity index is 164. The summed E-state index contributed by atoms with van der Waals surface area (Å²) in [6.45, 7) is 3.19. The first kappa shape index (κ1) is 11.1. The van der Waals surface area contributed by atoms with Crippen molar-refractivity contribution >= 4 is 11.8 Å². The zero-order chi connectivity index (χ0) is 9.56. The number of esters is 1. The van der Waals surface area contributed by atoms with Crippen molar-refractivity contribution in [3.63, 3.8) is 0 Å². The van der Waals surface area contributed by atoms with Crippen molar-refractivity contribution in [2.45, 2.75) is 32.8 Å². The second kappa shape index (κ2) is 5.71. The van der Waals surface area contributed by atoms with E-state index in [2.05, 4.69) is 0 Å². The van der Waals surface area contributed by atoms with Crippen LogP contribution in [0.1, 0.15) is 26.7 Å². The van der Waals surface area contributed by atoms with Gasteiger partial charge < -0.3 is 9.84 Å². The summed E-state index contributed by atoms with van der Waals surface area (Å²) in [5.41, 5.74) is 0. The minimum atomic E-state index is -0.807. The number of hydrogen-bond acceptors (Lipinski definition) is 4. The second-order valence-electron chi connectivity index (χ2n) is 2.50. The lowest BCUT2D eigenvalue weighted by Crippen LogP contribution is -2.22. The average molecular weight is 174 g/mol. The Kier molecular flexibility index (Phi) is 5.28. The molecule has 0 saturated heterocycles. The van der Waals surface area contributed by atoms with E-state index in [1.165, 1.54) is 0 Å². The Hall–Kier alpha value is -0.900. The number of aliphatic hydroxyl groups excluding tert-OH is 1. The summed E-state index contributed by atoms with van der Waals surface area (Å²) in [6.07, 6.45) is 0.131. The molecular weight excluding hydrogens is 160 g/mol. The fraction of sp³-hybridized carbons (Fsp3) is 0.750. The molecule has 0 radical (unpaired) electrons. The van der Waals surface area contributed by atoms with Gasteiger partial charge in [-0.1, -0.05) is 6.92 Å². The molecule has 0 bridgehead atoms. The molecule has 0 rings (SSSR count). The number of ketones is 1. The van der Waals surface area contributed by atoms with E-state index in [-0.39, 0.29) is 13.0 Å². The number of aliphatic hydroxyl groups is 1. The van der Waals surface area contributed by atoms with E-state index in [0.717, 1.165) is 0 Å². The van der Waals surface area contributed by atoms with Crippen LogP contribution in [0.15, 0.2) is 0 Å². The molecule has 70 valence electrons. The van der Waals surface area contributed by atoms with E-state index in [1.807, 2.05) is 0 Å². The van der Waals surface area contributed by atoms with Crippen LogP contribution in [0, 0.1) is 0 Å². The maximum Gasteiger partial charge on any atom is 0.374 e. The summed E-state index contributed by atoms with van der Waals surface area (Å²) in [4.78, 5) is 21.5. The summed E-state index contributed by atoms with van der Waals surface area (Å²) in [7, 11) is 0. The van der Waals surface area contributed by atoms with E-state index in [1.54, 1.807) is 13.8 Å². The first-order chi connectivity index (χ1) is 5.61. The van der Waals surface area contributed by atoms with Crippen molar-refractivity contribution in [1.82, 2.24) is 0 Å². The highest BCUT2D eigenvalue weighted by Gasteiger charge is 2.15. The molecule has 0 fully saturated rings. The fourth-order valence-corrected chi connectivity index (χ4v) is 0.634. The third kappa shape index (κ3) is 4.08. The molecule has 0 aliphatic rings. The molecule has 0 aromatic heterocycles. The van der Waals surface area contributed by atoms with E-state index in [4.69, 9.17) is 9.84 Å². The first-order valence-corrected chi connectivity index (χ1v) is 3.96. The van der Waals surface area contributed by atoms with Gasteiger partial charge in [0.25, 0.3) is 0 Å². The summed E-state index contributed by atoms with van der Waals surface area (Å²) < 4.78 is 4.69. The van der Waals surface area contributed by atoms with Crippen molar-refractivity contribution in [3.8, 4) is 0 Å². The SMILES string of the molecule is CCC(=O)C(=O)OC(C)CCO. The van der Waals surface area contributed by atoms with Crippen LogP contribution in [0.4, 0.5) is 0 Å². The van der Waals surface area contributed by atoms with Crippen LogP contribution in [0.3, 0.4) is 0 Å². The van der Waals surface area contributed by atoms with Gasteiger partial charge >= 0.3 is 5.97 Å². The molecule has 1 N–H and O–H groups in total. The maximum atomic E-state index is 10.8. The van der Waals surface area contributed by atoms with E-state index in [9.17, 15) is 9.59 Å². The van der Waals surface area contributed by atoms with Crippen LogP contribution in [0.5, 0.6) is 0 Å². The quantitative estimate of drug-likeness (QED) is 0.480. The predicted molar refractivity (Wildman–Crippen MR) is 42.6 cm³/mol. The standard InChI is InChI=1S/C8H14O4/c1-3-7(10)8(11)12-6(2)4-5-9/h6,9H,3-5H2,1-2H3. The molecule has 0 aromatic rings. The zero-order valence-corrected chi connectivity index (χ0v) is 7.37. The van der Waals surface area contributed by atoms with E-state index >= 15 is 0 Å². The number of carbonyl (C=O) groups excluding carboxylic acids is 2. The molecule has 0 amide bonds. The molecule has 0 saturated carbocycles. The Morgan fingerprint density at radius 2 is 2.08 bits per heavy atom. The van der Waals surface area contributed by atoms with Gasteiger partial charge in [-0.2, -0.15) is 0 Å². The van der Waals surface area contributed by atoms with Gasteiger partial charge in [-0.3, -0.25) is 4.79 Å². The summed E-state index contributed by atoms with van der Waals surface area (Å²) in [5.74, 6) is -1.33. The highest BCUT2D eigenvalue weighted by Crippen LogP contribution is 1.98. The van der Waals surface area contributed by atoms with E-state index < -0.39 is 17.9 Å². The van der Waals surface area contributed by atoms with Gasteiger partial charge in [-0.05, 0) is 6.92 Å². The molecule has 0 heterocycles. The third-order valence-corrected chi connectivity index (χ3v) is 1.39. The summed E-state index contributed by atoms with van der Waals surface area (Å²) >= 11 is 0. The molecule has 1 unspecified atom stereocenters. The van der Waals surface area contributed by atoms with Crippen molar-refractivity contribution in [2.24, 2.45) is 0 Å². The van der Waals surface area contributed by atoms with Crippen LogP contribution in [0.2, 0.25) is 0 Å². The fourth-order valence-electron chi connectivity index (χ4n) is 0.634. The Morgan fingerprint density at radius 1 is 1.50 bits per heavy atom. The van der Waals surface area contributed by atoms with Crippen molar-refractivity contribution < 1.29 is 19.4 Å². The number of carbonyl (C=O) groups is 2. The maximum absolute atomic E-state index is 10.8. The van der Waals surface area contributed by atoms with Crippen LogP contribution in [-0.2, 0) is 14.3 Å². The van der Waals surface area contributed by atoms with Crippen LogP contribution >= 0.6 is 0 Å². The van der Waals surface area contributed by atoms with Crippen LogP contribution < -0.4 is 0 Å². The molecule has 1 atom stereocenters. The van der Waals surface area contributed by atoms with Gasteiger partial charge in [0.1, 0.15) is 6.10 Å². The van der Waals surface area contributed by atoms with Gasteiger partial charge in [-0.15, -0.1) is 0 Å². The lowest BCUT2D eigenvalue weighted by molar-refractivity contribution is -0.157. The topological polar surface area (TPSA) is 63.6 Å². The molecule has 4 heteroatoms. The molecule has 0 aromatic carbocycles. The zero-order valence-electron chi connectivity index (χ0n) is 7.37.